The predicted molar refractivity (Wildman–Crippen MR) is 78.3 cm³/mol. The molecule has 0 atom stereocenters. The van der Waals surface area contributed by atoms with Gasteiger partial charge in [-0.25, -0.2) is 0 Å². The molecule has 0 heterocycles. The maximum absolute atomic E-state index is 10.4. The fourth-order valence-electron chi connectivity index (χ4n) is 2.75. The van der Waals surface area contributed by atoms with E-state index < -0.39 is 5.60 Å². The first-order valence-corrected chi connectivity index (χ1v) is 7.23. The highest BCUT2D eigenvalue weighted by atomic mass is 79.9. The van der Waals surface area contributed by atoms with Crippen molar-refractivity contribution in [2.75, 3.05) is 19.3 Å². The molecule has 0 saturated heterocycles. The number of benzene rings is 1. The van der Waals surface area contributed by atoms with Crippen LogP contribution < -0.4 is 5.73 Å². The minimum Gasteiger partial charge on any atom is -0.398 e. The van der Waals surface area contributed by atoms with Crippen LogP contribution in [0, 0.1) is 0 Å². The van der Waals surface area contributed by atoms with Crippen LogP contribution in [0.5, 0.6) is 0 Å². The van der Waals surface area contributed by atoms with Crippen LogP contribution in [0.1, 0.15) is 31.2 Å². The van der Waals surface area contributed by atoms with Crippen molar-refractivity contribution in [2.45, 2.75) is 37.8 Å². The van der Waals surface area contributed by atoms with Crippen LogP contribution in [0.25, 0.3) is 0 Å². The summed E-state index contributed by atoms with van der Waals surface area (Å²) in [7, 11) is 2.05. The van der Waals surface area contributed by atoms with Gasteiger partial charge in [-0.2, -0.15) is 0 Å². The lowest BCUT2D eigenvalue weighted by atomic mass is 10.0. The summed E-state index contributed by atoms with van der Waals surface area (Å²) in [6.07, 6.45) is 4.16. The molecular weight excluding hydrogens is 292 g/mol. The zero-order valence-corrected chi connectivity index (χ0v) is 12.4. The van der Waals surface area contributed by atoms with Crippen LogP contribution in [0.3, 0.4) is 0 Å². The second kappa shape index (κ2) is 5.59. The maximum atomic E-state index is 10.4. The van der Waals surface area contributed by atoms with Crippen molar-refractivity contribution in [1.82, 2.24) is 4.90 Å². The minimum atomic E-state index is -0.477. The van der Waals surface area contributed by atoms with E-state index in [0.717, 1.165) is 48.9 Å². The largest absolute Gasteiger partial charge is 0.398 e. The molecule has 1 fully saturated rings. The van der Waals surface area contributed by atoms with Crippen molar-refractivity contribution in [3.05, 3.63) is 28.2 Å². The smallest absolute Gasteiger partial charge is 0.0774 e. The molecule has 18 heavy (non-hydrogen) atoms. The summed E-state index contributed by atoms with van der Waals surface area (Å²) < 4.78 is 0.934. The second-order valence-electron chi connectivity index (χ2n) is 5.46. The van der Waals surface area contributed by atoms with Crippen molar-refractivity contribution < 1.29 is 5.11 Å². The van der Waals surface area contributed by atoms with Gasteiger partial charge in [0, 0.05) is 23.2 Å². The summed E-state index contributed by atoms with van der Waals surface area (Å²) in [4.78, 5) is 2.17. The molecule has 4 heteroatoms. The molecule has 0 radical (unpaired) electrons. The number of halogens is 1. The van der Waals surface area contributed by atoms with Crippen LogP contribution in [-0.2, 0) is 6.54 Å². The van der Waals surface area contributed by atoms with E-state index in [1.807, 2.05) is 12.1 Å². The van der Waals surface area contributed by atoms with Gasteiger partial charge in [0.1, 0.15) is 0 Å². The van der Waals surface area contributed by atoms with Gasteiger partial charge >= 0.3 is 0 Å². The van der Waals surface area contributed by atoms with Crippen molar-refractivity contribution in [2.24, 2.45) is 0 Å². The number of aliphatic hydroxyl groups is 1. The number of anilines is 1. The number of hydrogen-bond acceptors (Lipinski definition) is 3. The molecule has 0 spiro atoms. The highest BCUT2D eigenvalue weighted by Crippen LogP contribution is 2.30. The van der Waals surface area contributed by atoms with Gasteiger partial charge in [-0.05, 0) is 53.5 Å². The zero-order chi connectivity index (χ0) is 13.2. The average Bonchev–Trinajstić information content (AvgIpc) is 2.70. The molecule has 3 N–H and O–H groups in total. The fraction of sp³-hybridized carbons (Fsp3) is 0.571. The molecule has 2 rings (SSSR count). The number of nitrogens with two attached hydrogens (primary N) is 1. The molecule has 0 unspecified atom stereocenters. The first-order chi connectivity index (χ1) is 8.48. The van der Waals surface area contributed by atoms with Crippen LogP contribution in [0.2, 0.25) is 0 Å². The topological polar surface area (TPSA) is 49.5 Å². The van der Waals surface area contributed by atoms with E-state index in [0.29, 0.717) is 0 Å². The second-order valence-corrected chi connectivity index (χ2v) is 6.31. The molecule has 1 aliphatic rings. The monoisotopic (exact) mass is 312 g/mol. The van der Waals surface area contributed by atoms with Crippen molar-refractivity contribution in [3.63, 3.8) is 0 Å². The molecular formula is C14H21BrN2O. The van der Waals surface area contributed by atoms with E-state index in [2.05, 4.69) is 33.9 Å². The fourth-order valence-corrected chi connectivity index (χ4v) is 3.00. The van der Waals surface area contributed by atoms with Crippen molar-refractivity contribution in [3.8, 4) is 0 Å². The number of hydrogen-bond donors (Lipinski definition) is 2. The SMILES string of the molecule is CN(Cc1ccc(Br)c(N)c1)CC1(O)CCCC1. The minimum absolute atomic E-state index is 0.477. The van der Waals surface area contributed by atoms with E-state index >= 15 is 0 Å². The summed E-state index contributed by atoms with van der Waals surface area (Å²) in [5.41, 5.74) is 7.34. The third kappa shape index (κ3) is 3.46. The Bertz CT molecular complexity index is 416. The highest BCUT2D eigenvalue weighted by Gasteiger charge is 2.31. The Hall–Kier alpha value is -0.580. The summed E-state index contributed by atoms with van der Waals surface area (Å²) >= 11 is 3.40. The third-order valence-corrected chi connectivity index (χ3v) is 4.33. The van der Waals surface area contributed by atoms with Gasteiger partial charge in [0.25, 0.3) is 0 Å². The molecule has 1 aliphatic carbocycles. The first kappa shape index (κ1) is 13.8. The number of nitrogen functional groups attached to an aromatic ring is 1. The molecule has 1 aromatic rings. The Balaban J connectivity index is 1.94. The predicted octanol–water partition coefficient (Wildman–Crippen LogP) is 2.77. The maximum Gasteiger partial charge on any atom is 0.0774 e. The lowest BCUT2D eigenvalue weighted by Crippen LogP contribution is -2.38. The van der Waals surface area contributed by atoms with Crippen LogP contribution >= 0.6 is 15.9 Å². The van der Waals surface area contributed by atoms with Crippen molar-refractivity contribution in [1.29, 1.82) is 0 Å². The molecule has 3 nitrogen and oxygen atoms in total. The van der Waals surface area contributed by atoms with Crippen LogP contribution in [0.4, 0.5) is 5.69 Å². The van der Waals surface area contributed by atoms with Crippen molar-refractivity contribution >= 4 is 21.6 Å². The van der Waals surface area contributed by atoms with E-state index in [1.165, 1.54) is 5.56 Å². The molecule has 0 bridgehead atoms. The van der Waals surface area contributed by atoms with Gasteiger partial charge in [-0.3, -0.25) is 4.90 Å². The van der Waals surface area contributed by atoms with Crippen LogP contribution in [-0.4, -0.2) is 29.2 Å². The average molecular weight is 313 g/mol. The van der Waals surface area contributed by atoms with E-state index in [4.69, 9.17) is 5.73 Å². The molecule has 0 aliphatic heterocycles. The summed E-state index contributed by atoms with van der Waals surface area (Å²) in [5, 5.41) is 10.4. The Kier molecular flexibility index (Phi) is 4.30. The van der Waals surface area contributed by atoms with Crippen LogP contribution in [0.15, 0.2) is 22.7 Å². The molecule has 1 saturated carbocycles. The highest BCUT2D eigenvalue weighted by molar-refractivity contribution is 9.10. The number of likely N-dealkylation sites (N-methyl/N-ethyl adjacent to an activating group) is 1. The Labute approximate surface area is 117 Å². The standard InChI is InChI=1S/C14H21BrN2O/c1-17(10-14(18)6-2-3-7-14)9-11-4-5-12(15)13(16)8-11/h4-5,8,18H,2-3,6-7,9-10,16H2,1H3. The summed E-state index contributed by atoms with van der Waals surface area (Å²) in [5.74, 6) is 0. The summed E-state index contributed by atoms with van der Waals surface area (Å²) in [6.45, 7) is 1.56. The van der Waals surface area contributed by atoms with Gasteiger partial charge < -0.3 is 10.8 Å². The van der Waals surface area contributed by atoms with Gasteiger partial charge in [0.2, 0.25) is 0 Å². The molecule has 0 aromatic heterocycles. The van der Waals surface area contributed by atoms with E-state index in [9.17, 15) is 5.11 Å². The first-order valence-electron chi connectivity index (χ1n) is 6.43. The summed E-state index contributed by atoms with van der Waals surface area (Å²) in [6, 6.07) is 6.03. The Morgan fingerprint density at radius 1 is 1.39 bits per heavy atom. The quantitative estimate of drug-likeness (QED) is 0.841. The number of rotatable bonds is 4. The Morgan fingerprint density at radius 2 is 2.06 bits per heavy atom. The zero-order valence-electron chi connectivity index (χ0n) is 10.8. The molecule has 1 aromatic carbocycles. The van der Waals surface area contributed by atoms with Gasteiger partial charge in [-0.1, -0.05) is 18.9 Å². The third-order valence-electron chi connectivity index (χ3n) is 3.61. The van der Waals surface area contributed by atoms with Gasteiger partial charge in [-0.15, -0.1) is 0 Å². The molecule has 0 amide bonds. The number of nitrogens with zero attached hydrogens (tertiary/aromatic N) is 1. The molecule has 100 valence electrons. The van der Waals surface area contributed by atoms with Gasteiger partial charge in [0.05, 0.1) is 5.60 Å². The van der Waals surface area contributed by atoms with Gasteiger partial charge in [0.15, 0.2) is 0 Å². The van der Waals surface area contributed by atoms with E-state index in [1.54, 1.807) is 0 Å². The Morgan fingerprint density at radius 3 is 2.67 bits per heavy atom. The van der Waals surface area contributed by atoms with E-state index in [-0.39, 0.29) is 0 Å². The lowest BCUT2D eigenvalue weighted by molar-refractivity contribution is 0.0145. The normalized spacial score (nSPS) is 18.4. The lowest BCUT2D eigenvalue weighted by Gasteiger charge is -2.28.